The Morgan fingerprint density at radius 1 is 1.18 bits per heavy atom. The van der Waals surface area contributed by atoms with E-state index in [0.717, 1.165) is 0 Å². The number of ketones is 1. The van der Waals surface area contributed by atoms with Crippen molar-refractivity contribution in [2.24, 2.45) is 22.2 Å². The van der Waals surface area contributed by atoms with Crippen LogP contribution in [0.4, 0.5) is 0 Å². The molecule has 3 heterocycles. The third-order valence-corrected chi connectivity index (χ3v) is 10.4. The molecule has 8 atom stereocenters. The van der Waals surface area contributed by atoms with Gasteiger partial charge in [-0.25, -0.2) is 0 Å². The van der Waals surface area contributed by atoms with Crippen molar-refractivity contribution in [1.82, 2.24) is 0 Å². The lowest BCUT2D eigenvalue weighted by Crippen LogP contribution is -2.81. The molecule has 2 aliphatic carbocycles. The highest BCUT2D eigenvalue weighted by molar-refractivity contribution is 5.96. The number of rotatable bonds is 4. The van der Waals surface area contributed by atoms with E-state index in [9.17, 15) is 24.3 Å². The fourth-order valence-corrected chi connectivity index (χ4v) is 8.25. The first kappa shape index (κ1) is 27.6. The molecule has 212 valence electrons. The maximum atomic E-state index is 14.3. The van der Waals surface area contributed by atoms with Crippen molar-refractivity contribution < 1.29 is 47.6 Å². The van der Waals surface area contributed by atoms with Gasteiger partial charge in [0.15, 0.2) is 11.4 Å². The van der Waals surface area contributed by atoms with E-state index < -0.39 is 75.4 Å². The molecule has 1 aromatic rings. The van der Waals surface area contributed by atoms with Crippen LogP contribution in [-0.2, 0) is 38.1 Å². The number of carbonyl (C=O) groups is 4. The Morgan fingerprint density at radius 2 is 1.87 bits per heavy atom. The molecule has 2 saturated heterocycles. The molecular formula is C29H36O10. The SMILES string of the molecule is C=C1[C@]2(O)C(=O)C[C@@]3(C)[C@H](c4ccoc4)OC(=O)C[C@]13O[C@H]1C[C@@H](OC(C)=O)C(C)(C)[C@H](CC(=O)OC)[C@]12C. The summed E-state index contributed by atoms with van der Waals surface area (Å²) in [4.78, 5) is 52.3. The van der Waals surface area contributed by atoms with Crippen LogP contribution < -0.4 is 0 Å². The molecule has 2 aliphatic heterocycles. The van der Waals surface area contributed by atoms with Gasteiger partial charge in [-0.05, 0) is 17.6 Å². The van der Waals surface area contributed by atoms with Gasteiger partial charge in [0.05, 0.1) is 32.2 Å². The molecule has 39 heavy (non-hydrogen) atoms. The fraction of sp³-hybridized carbons (Fsp3) is 0.655. The van der Waals surface area contributed by atoms with E-state index in [1.165, 1.54) is 26.6 Å². The molecular weight excluding hydrogens is 508 g/mol. The number of aliphatic hydroxyl groups is 1. The summed E-state index contributed by atoms with van der Waals surface area (Å²) < 4.78 is 28.7. The van der Waals surface area contributed by atoms with Gasteiger partial charge in [0, 0.05) is 48.0 Å². The van der Waals surface area contributed by atoms with Crippen LogP contribution >= 0.6 is 0 Å². The van der Waals surface area contributed by atoms with Crippen molar-refractivity contribution in [1.29, 1.82) is 0 Å². The molecule has 4 fully saturated rings. The molecule has 1 N–H and O–H groups in total. The Bertz CT molecular complexity index is 1250. The molecule has 0 aromatic carbocycles. The number of ether oxygens (including phenoxy) is 4. The lowest BCUT2D eigenvalue weighted by Gasteiger charge is -2.72. The number of fused-ring (bicyclic) bond motifs is 3. The van der Waals surface area contributed by atoms with Gasteiger partial charge in [0.25, 0.3) is 0 Å². The largest absolute Gasteiger partial charge is 0.472 e. The first-order chi connectivity index (χ1) is 18.1. The molecule has 1 spiro atoms. The van der Waals surface area contributed by atoms with E-state index in [0.29, 0.717) is 5.56 Å². The zero-order valence-corrected chi connectivity index (χ0v) is 23.2. The molecule has 10 heteroatoms. The smallest absolute Gasteiger partial charge is 0.309 e. The van der Waals surface area contributed by atoms with Crippen LogP contribution in [0.15, 0.2) is 35.2 Å². The van der Waals surface area contributed by atoms with Crippen LogP contribution in [0.2, 0.25) is 0 Å². The lowest BCUT2D eigenvalue weighted by molar-refractivity contribution is -0.333. The summed E-state index contributed by atoms with van der Waals surface area (Å²) >= 11 is 0. The van der Waals surface area contributed by atoms with Crippen LogP contribution in [-0.4, -0.2) is 59.3 Å². The summed E-state index contributed by atoms with van der Waals surface area (Å²) in [6.07, 6.45) is -0.0628. The van der Waals surface area contributed by atoms with Gasteiger partial charge >= 0.3 is 17.9 Å². The Kier molecular flexibility index (Phi) is 6.02. The van der Waals surface area contributed by atoms with Crippen LogP contribution in [0, 0.1) is 22.2 Å². The molecule has 1 aromatic heterocycles. The maximum absolute atomic E-state index is 14.3. The number of furan rings is 1. The Morgan fingerprint density at radius 3 is 2.46 bits per heavy atom. The first-order valence-electron chi connectivity index (χ1n) is 13.2. The summed E-state index contributed by atoms with van der Waals surface area (Å²) in [5.74, 6) is -2.84. The van der Waals surface area contributed by atoms with E-state index in [1.807, 2.05) is 13.8 Å². The highest BCUT2D eigenvalue weighted by atomic mass is 16.6. The fourth-order valence-electron chi connectivity index (χ4n) is 8.25. The average molecular weight is 545 g/mol. The van der Waals surface area contributed by atoms with E-state index >= 15 is 0 Å². The summed E-state index contributed by atoms with van der Waals surface area (Å²) in [6.45, 7) is 12.8. The van der Waals surface area contributed by atoms with E-state index in [-0.39, 0.29) is 31.3 Å². The zero-order valence-electron chi connectivity index (χ0n) is 23.2. The predicted molar refractivity (Wildman–Crippen MR) is 134 cm³/mol. The highest BCUT2D eigenvalue weighted by Gasteiger charge is 2.81. The van der Waals surface area contributed by atoms with Crippen molar-refractivity contribution in [3.63, 3.8) is 0 Å². The molecule has 5 rings (SSSR count). The average Bonchev–Trinajstić information content (AvgIpc) is 3.38. The molecule has 0 amide bonds. The Balaban J connectivity index is 1.73. The second-order valence-electron chi connectivity index (χ2n) is 12.5. The topological polar surface area (TPSA) is 139 Å². The van der Waals surface area contributed by atoms with Crippen LogP contribution in [0.5, 0.6) is 0 Å². The summed E-state index contributed by atoms with van der Waals surface area (Å²) in [6, 6.07) is 1.66. The quantitative estimate of drug-likeness (QED) is 0.341. The number of Topliss-reactive ketones (excluding diaryl/α,β-unsaturated/α-hetero) is 1. The van der Waals surface area contributed by atoms with Crippen molar-refractivity contribution in [2.75, 3.05) is 7.11 Å². The minimum absolute atomic E-state index is 0.0780. The summed E-state index contributed by atoms with van der Waals surface area (Å²) in [5, 5.41) is 12.6. The van der Waals surface area contributed by atoms with Gasteiger partial charge < -0.3 is 28.5 Å². The second-order valence-corrected chi connectivity index (χ2v) is 12.5. The lowest BCUT2D eigenvalue weighted by atomic mass is 9.39. The van der Waals surface area contributed by atoms with Gasteiger partial charge in [0.1, 0.15) is 17.8 Å². The van der Waals surface area contributed by atoms with Gasteiger partial charge in [-0.15, -0.1) is 0 Å². The molecule has 0 radical (unpaired) electrons. The third kappa shape index (κ3) is 3.33. The van der Waals surface area contributed by atoms with Crippen molar-refractivity contribution in [3.8, 4) is 0 Å². The van der Waals surface area contributed by atoms with Crippen molar-refractivity contribution in [3.05, 3.63) is 36.3 Å². The van der Waals surface area contributed by atoms with Gasteiger partial charge in [0.2, 0.25) is 0 Å². The van der Waals surface area contributed by atoms with Crippen molar-refractivity contribution in [2.45, 2.75) is 89.8 Å². The normalized spacial score (nSPS) is 42.6. The molecule has 2 bridgehead atoms. The van der Waals surface area contributed by atoms with Crippen LogP contribution in [0.25, 0.3) is 0 Å². The second kappa shape index (κ2) is 8.51. The standard InChI is InChI=1S/C29H36O10/c1-15-28-13-23(33)38-24(17-8-9-36-14-17)26(28,5)12-19(31)29(15,34)27(6)18(10-22(32)35-7)25(3,4)20(37-16(2)30)11-21(27)39-28/h8-9,14,18,20-21,24,34H,1,10-13H2,2-7H3/t18-,20+,21-,24-,26-,27+,28-,29-/m0/s1. The number of cyclic esters (lactones) is 1. The monoisotopic (exact) mass is 544 g/mol. The molecule has 4 aliphatic rings. The predicted octanol–water partition coefficient (Wildman–Crippen LogP) is 3.22. The minimum atomic E-state index is -2.15. The highest BCUT2D eigenvalue weighted by Crippen LogP contribution is 2.72. The molecule has 0 unspecified atom stereocenters. The Hall–Kier alpha value is -2.98. The van der Waals surface area contributed by atoms with E-state index in [2.05, 4.69) is 6.58 Å². The maximum Gasteiger partial charge on any atom is 0.309 e. The van der Waals surface area contributed by atoms with Gasteiger partial charge in [-0.3, -0.25) is 19.2 Å². The number of hydrogen-bond acceptors (Lipinski definition) is 10. The zero-order chi connectivity index (χ0) is 28.8. The van der Waals surface area contributed by atoms with Crippen LogP contribution in [0.3, 0.4) is 0 Å². The minimum Gasteiger partial charge on any atom is -0.472 e. The number of hydrogen-bond donors (Lipinski definition) is 1. The summed E-state index contributed by atoms with van der Waals surface area (Å²) in [5.41, 5.74) is -6.36. The number of methoxy groups -OCH3 is 1. The van der Waals surface area contributed by atoms with Gasteiger partial charge in [-0.1, -0.05) is 34.3 Å². The van der Waals surface area contributed by atoms with E-state index in [4.69, 9.17) is 23.4 Å². The van der Waals surface area contributed by atoms with E-state index in [1.54, 1.807) is 19.9 Å². The number of esters is 3. The van der Waals surface area contributed by atoms with Crippen LogP contribution in [0.1, 0.15) is 72.0 Å². The molecule has 2 saturated carbocycles. The number of carbonyl (C=O) groups excluding carboxylic acids is 4. The van der Waals surface area contributed by atoms with Gasteiger partial charge in [-0.2, -0.15) is 0 Å². The molecule has 10 nitrogen and oxygen atoms in total. The summed E-state index contributed by atoms with van der Waals surface area (Å²) in [7, 11) is 1.27. The first-order valence-corrected chi connectivity index (χ1v) is 13.2. The van der Waals surface area contributed by atoms with Crippen molar-refractivity contribution >= 4 is 23.7 Å². The Labute approximate surface area is 227 Å². The third-order valence-electron chi connectivity index (χ3n) is 10.4.